The van der Waals surface area contributed by atoms with E-state index >= 15 is 0 Å². The number of fused-ring (bicyclic) bond motifs is 1. The van der Waals surface area contributed by atoms with E-state index in [4.69, 9.17) is 23.4 Å². The SMILES string of the molecule is CCOC(=O)C(I)[C@H]1[C@H]2OC(C)(C)O[C@H]2[C@H](OC=O)[C@@H]1O[Si](C)(C)C(C)(C)C. The topological polar surface area (TPSA) is 80.3 Å². The molecule has 0 amide bonds. The molecule has 0 N–H and O–H groups in total. The number of carbonyl (C=O) groups excluding carboxylic acids is 2. The zero-order valence-corrected chi connectivity index (χ0v) is 21.1. The summed E-state index contributed by atoms with van der Waals surface area (Å²) in [7, 11) is -2.23. The van der Waals surface area contributed by atoms with E-state index in [1.165, 1.54) is 0 Å². The molecule has 1 aliphatic heterocycles. The van der Waals surface area contributed by atoms with Crippen LogP contribution in [0.15, 0.2) is 0 Å². The van der Waals surface area contributed by atoms with Crippen LogP contribution in [0.2, 0.25) is 18.1 Å². The van der Waals surface area contributed by atoms with Gasteiger partial charge in [-0.2, -0.15) is 0 Å². The molecule has 0 bridgehead atoms. The number of carbonyl (C=O) groups is 2. The second-order valence-electron chi connectivity index (χ2n) is 9.34. The van der Waals surface area contributed by atoms with E-state index in [1.807, 2.05) is 13.8 Å². The third kappa shape index (κ3) is 4.74. The Balaban J connectivity index is 2.44. The molecular weight excluding hydrogens is 495 g/mol. The van der Waals surface area contributed by atoms with Gasteiger partial charge in [0.15, 0.2) is 20.2 Å². The number of halogens is 1. The summed E-state index contributed by atoms with van der Waals surface area (Å²) in [4.78, 5) is 23.8. The molecule has 0 spiro atoms. The monoisotopic (exact) mass is 528 g/mol. The van der Waals surface area contributed by atoms with Crippen LogP contribution >= 0.6 is 22.6 Å². The van der Waals surface area contributed by atoms with E-state index in [1.54, 1.807) is 6.92 Å². The Bertz CT molecular complexity index is 589. The molecule has 2 rings (SSSR count). The van der Waals surface area contributed by atoms with E-state index in [0.717, 1.165) is 0 Å². The minimum absolute atomic E-state index is 0.0489. The molecule has 0 aromatic rings. The first-order valence-electron chi connectivity index (χ1n) is 9.69. The maximum Gasteiger partial charge on any atom is 0.319 e. The van der Waals surface area contributed by atoms with E-state index < -0.39 is 42.4 Å². The third-order valence-corrected chi connectivity index (χ3v) is 11.7. The van der Waals surface area contributed by atoms with Crippen LogP contribution < -0.4 is 0 Å². The fourth-order valence-corrected chi connectivity index (χ4v) is 5.88. The fraction of sp³-hybridized carbons (Fsp3) is 0.895. The maximum absolute atomic E-state index is 12.6. The van der Waals surface area contributed by atoms with Crippen LogP contribution in [0.3, 0.4) is 0 Å². The molecule has 0 aromatic heterocycles. The first kappa shape index (κ1) is 24.0. The van der Waals surface area contributed by atoms with Gasteiger partial charge in [0.25, 0.3) is 6.47 Å². The number of alkyl halides is 1. The van der Waals surface area contributed by atoms with E-state index in [0.29, 0.717) is 13.1 Å². The Labute approximate surface area is 182 Å². The molecule has 1 aliphatic carbocycles. The highest BCUT2D eigenvalue weighted by molar-refractivity contribution is 14.1. The summed E-state index contributed by atoms with van der Waals surface area (Å²) >= 11 is 2.09. The molecule has 2 fully saturated rings. The van der Waals surface area contributed by atoms with Crippen molar-refractivity contribution in [3.8, 4) is 0 Å². The lowest BCUT2D eigenvalue weighted by molar-refractivity contribution is -0.187. The summed E-state index contributed by atoms with van der Waals surface area (Å²) in [6.07, 6.45) is -2.08. The Morgan fingerprint density at radius 2 is 1.79 bits per heavy atom. The molecule has 0 radical (unpaired) electrons. The smallest absolute Gasteiger partial charge is 0.319 e. The van der Waals surface area contributed by atoms with Gasteiger partial charge < -0.3 is 23.4 Å². The van der Waals surface area contributed by atoms with Crippen molar-refractivity contribution in [1.82, 2.24) is 0 Å². The van der Waals surface area contributed by atoms with Crippen LogP contribution in [0.25, 0.3) is 0 Å². The Morgan fingerprint density at radius 1 is 1.21 bits per heavy atom. The van der Waals surface area contributed by atoms with Crippen molar-refractivity contribution >= 4 is 43.3 Å². The first-order valence-corrected chi connectivity index (χ1v) is 13.8. The second-order valence-corrected chi connectivity index (χ2v) is 15.4. The summed E-state index contributed by atoms with van der Waals surface area (Å²) in [6, 6.07) is 0. The van der Waals surface area contributed by atoms with Crippen LogP contribution in [0.4, 0.5) is 0 Å². The Hall–Kier alpha value is -0.233. The molecule has 0 aromatic carbocycles. The standard InChI is InChI=1S/C19H33IO7Si/c1-9-23-17(22)12(20)11-13-16(26-19(5,6)25-13)15(24-10-21)14(11)27-28(7,8)18(2,3)4/h10-16H,9H2,1-8H3/t11-,12?,13+,14+,15+,16+/m0/s1. The van der Waals surface area contributed by atoms with Gasteiger partial charge in [-0.25, -0.2) is 0 Å². The average Bonchev–Trinajstić information content (AvgIpc) is 2.97. The number of hydrogen-bond acceptors (Lipinski definition) is 7. The normalized spacial score (nSPS) is 33.2. The van der Waals surface area contributed by atoms with Crippen LogP contribution in [0.5, 0.6) is 0 Å². The predicted octanol–water partition coefficient (Wildman–Crippen LogP) is 3.44. The van der Waals surface area contributed by atoms with Crippen LogP contribution in [0.1, 0.15) is 41.5 Å². The van der Waals surface area contributed by atoms with Gasteiger partial charge in [0.05, 0.1) is 18.8 Å². The van der Waals surface area contributed by atoms with E-state index in [2.05, 4.69) is 56.5 Å². The lowest BCUT2D eigenvalue weighted by atomic mass is 9.99. The first-order chi connectivity index (χ1) is 12.8. The van der Waals surface area contributed by atoms with Gasteiger partial charge >= 0.3 is 5.97 Å². The minimum Gasteiger partial charge on any atom is -0.465 e. The second kappa shape index (κ2) is 8.48. The molecule has 1 heterocycles. The molecule has 28 heavy (non-hydrogen) atoms. The van der Waals surface area contributed by atoms with Crippen molar-refractivity contribution in [3.05, 3.63) is 0 Å². The number of esters is 1. The molecule has 7 nitrogen and oxygen atoms in total. The molecule has 2 aliphatic rings. The number of ether oxygens (including phenoxy) is 4. The molecule has 1 saturated heterocycles. The lowest BCUT2D eigenvalue weighted by Gasteiger charge is -2.42. The quantitative estimate of drug-likeness (QED) is 0.165. The number of rotatable bonds is 7. The van der Waals surface area contributed by atoms with Crippen LogP contribution in [-0.2, 0) is 33.0 Å². The van der Waals surface area contributed by atoms with Crippen LogP contribution in [-0.4, -0.2) is 61.5 Å². The zero-order chi connectivity index (χ0) is 21.5. The summed E-state index contributed by atoms with van der Waals surface area (Å²) in [5.41, 5.74) is 0. The molecule has 1 unspecified atom stereocenters. The van der Waals surface area contributed by atoms with Crippen LogP contribution in [0, 0.1) is 5.92 Å². The summed E-state index contributed by atoms with van der Waals surface area (Å²) in [6.45, 7) is 16.8. The summed E-state index contributed by atoms with van der Waals surface area (Å²) in [5.74, 6) is -1.51. The van der Waals surface area contributed by atoms with Gasteiger partial charge in [-0.1, -0.05) is 43.4 Å². The lowest BCUT2D eigenvalue weighted by Crippen LogP contribution is -2.51. The van der Waals surface area contributed by atoms with Crippen molar-refractivity contribution in [2.45, 2.75) is 93.8 Å². The fourth-order valence-electron chi connectivity index (χ4n) is 3.56. The Kier molecular flexibility index (Phi) is 7.28. The van der Waals surface area contributed by atoms with Crippen molar-refractivity contribution in [1.29, 1.82) is 0 Å². The molecule has 9 heteroatoms. The van der Waals surface area contributed by atoms with E-state index in [-0.39, 0.29) is 16.9 Å². The average molecular weight is 528 g/mol. The van der Waals surface area contributed by atoms with Gasteiger partial charge in [-0.15, -0.1) is 0 Å². The van der Waals surface area contributed by atoms with Gasteiger partial charge in [0, 0.05) is 5.92 Å². The molecular formula is C19H33IO7Si. The minimum atomic E-state index is -2.23. The molecule has 1 saturated carbocycles. The van der Waals surface area contributed by atoms with Crippen molar-refractivity contribution < 1.29 is 33.0 Å². The summed E-state index contributed by atoms with van der Waals surface area (Å²) < 4.78 is 29.1. The van der Waals surface area contributed by atoms with Gasteiger partial charge in [-0.05, 0) is 38.9 Å². The molecule has 162 valence electrons. The largest absolute Gasteiger partial charge is 0.465 e. The summed E-state index contributed by atoms with van der Waals surface area (Å²) in [5, 5.41) is -0.0489. The highest BCUT2D eigenvalue weighted by atomic mass is 127. The van der Waals surface area contributed by atoms with Gasteiger partial charge in [-0.3, -0.25) is 9.59 Å². The van der Waals surface area contributed by atoms with Crippen molar-refractivity contribution in [2.24, 2.45) is 5.92 Å². The van der Waals surface area contributed by atoms with Gasteiger partial charge in [0.2, 0.25) is 0 Å². The van der Waals surface area contributed by atoms with Crippen molar-refractivity contribution in [3.63, 3.8) is 0 Å². The van der Waals surface area contributed by atoms with Crippen molar-refractivity contribution in [2.75, 3.05) is 6.61 Å². The highest BCUT2D eigenvalue weighted by Crippen LogP contribution is 2.49. The Morgan fingerprint density at radius 3 is 2.29 bits per heavy atom. The third-order valence-electron chi connectivity index (χ3n) is 5.87. The maximum atomic E-state index is 12.6. The zero-order valence-electron chi connectivity index (χ0n) is 18.0. The van der Waals surface area contributed by atoms with E-state index in [9.17, 15) is 9.59 Å². The predicted molar refractivity (Wildman–Crippen MR) is 115 cm³/mol. The molecule has 6 atom stereocenters. The number of hydrogen-bond donors (Lipinski definition) is 0. The van der Waals surface area contributed by atoms with Gasteiger partial charge in [0.1, 0.15) is 10.0 Å². The highest BCUT2D eigenvalue weighted by Gasteiger charge is 2.64.